The number of halogens is 2. The molecule has 2 aromatic rings. The summed E-state index contributed by atoms with van der Waals surface area (Å²) in [5.74, 6) is -3.36. The molecule has 25 heavy (non-hydrogen) atoms. The van der Waals surface area contributed by atoms with Crippen molar-refractivity contribution in [1.29, 1.82) is 5.26 Å². The topological polar surface area (TPSA) is 76.3 Å². The zero-order chi connectivity index (χ0) is 17.3. The zero-order valence-electron chi connectivity index (χ0n) is 13.4. The molecule has 1 aliphatic rings. The summed E-state index contributed by atoms with van der Waals surface area (Å²) >= 11 is 0. The third-order valence-corrected chi connectivity index (χ3v) is 4.24. The maximum Gasteiger partial charge on any atom is 1.00 e. The van der Waals surface area contributed by atoms with E-state index in [1.54, 1.807) is 0 Å². The smallest absolute Gasteiger partial charge is 0.543 e. The molecule has 0 amide bonds. The summed E-state index contributed by atoms with van der Waals surface area (Å²) in [6.07, 6.45) is 0. The van der Waals surface area contributed by atoms with Crippen LogP contribution >= 0.6 is 0 Å². The number of rotatable bonds is 3. The van der Waals surface area contributed by atoms with Gasteiger partial charge in [-0.3, -0.25) is 4.99 Å². The molecule has 4 nitrogen and oxygen atoms in total. The van der Waals surface area contributed by atoms with Crippen molar-refractivity contribution in [3.05, 3.63) is 71.3 Å². The molecule has 7 heteroatoms. The minimum Gasteiger partial charge on any atom is -0.543 e. The van der Waals surface area contributed by atoms with Crippen LogP contribution in [0.25, 0.3) is 0 Å². The number of carbonyl (C=O) groups excluding carboxylic acids is 1. The van der Waals surface area contributed by atoms with Gasteiger partial charge in [0, 0.05) is 0 Å². The Balaban J connectivity index is 0.00000225. The monoisotopic (exact) mass is 348 g/mol. The van der Waals surface area contributed by atoms with E-state index in [1.807, 2.05) is 0 Å². The van der Waals surface area contributed by atoms with Gasteiger partial charge in [0.2, 0.25) is 0 Å². The summed E-state index contributed by atoms with van der Waals surface area (Å²) in [7, 11) is 0. The summed E-state index contributed by atoms with van der Waals surface area (Å²) in [4.78, 5) is 15.4. The van der Waals surface area contributed by atoms with Gasteiger partial charge in [0.15, 0.2) is 0 Å². The van der Waals surface area contributed by atoms with E-state index in [4.69, 9.17) is 0 Å². The van der Waals surface area contributed by atoms with E-state index in [2.05, 4.69) is 11.1 Å². The number of aliphatic imine (C=N–C) groups is 1. The van der Waals surface area contributed by atoms with Crippen LogP contribution in [0.5, 0.6) is 0 Å². The van der Waals surface area contributed by atoms with Crippen molar-refractivity contribution >= 4 is 11.7 Å². The molecule has 0 saturated heterocycles. The number of carboxylic acids is 1. The Kier molecular flexibility index (Phi) is 5.73. The molecule has 0 fully saturated rings. The number of carbonyl (C=O) groups is 1. The molecule has 0 spiro atoms. The first kappa shape index (κ1) is 19.3. The van der Waals surface area contributed by atoms with Crippen LogP contribution in [0, 0.1) is 23.0 Å². The van der Waals surface area contributed by atoms with Crippen molar-refractivity contribution in [3.8, 4) is 6.07 Å². The summed E-state index contributed by atoms with van der Waals surface area (Å²) in [5.41, 5.74) is -0.711. The number of aliphatic carboxylic acids is 1. The maximum atomic E-state index is 13.2. The molecule has 0 saturated carbocycles. The van der Waals surface area contributed by atoms with Crippen LogP contribution in [0.1, 0.15) is 17.0 Å². The van der Waals surface area contributed by atoms with Crippen LogP contribution in [0.2, 0.25) is 0 Å². The molecule has 2 aromatic carbocycles. The number of carboxylic acid groups (broad SMARTS) is 1. The molecule has 0 N–H and O–H groups in total. The largest absolute Gasteiger partial charge is 1.00 e. The van der Waals surface area contributed by atoms with Crippen LogP contribution in [0.4, 0.5) is 8.78 Å². The minimum atomic E-state index is -1.48. The molecule has 1 aliphatic heterocycles. The van der Waals surface area contributed by atoms with Crippen LogP contribution in [-0.2, 0) is 10.2 Å². The Labute approximate surface area is 165 Å². The summed E-state index contributed by atoms with van der Waals surface area (Å²) in [5, 5.41) is 21.3. The molecule has 0 aliphatic carbocycles. The molecule has 2 unspecified atom stereocenters. The van der Waals surface area contributed by atoms with Gasteiger partial charge in [-0.2, -0.15) is 5.26 Å². The Morgan fingerprint density at radius 3 is 2.12 bits per heavy atom. The fourth-order valence-electron chi connectivity index (χ4n) is 3.08. The molecule has 2 atom stereocenters. The second-order valence-corrected chi connectivity index (χ2v) is 5.56. The quantitative estimate of drug-likeness (QED) is 0.649. The van der Waals surface area contributed by atoms with Crippen LogP contribution in [-0.4, -0.2) is 18.2 Å². The van der Waals surface area contributed by atoms with Gasteiger partial charge in [-0.15, -0.1) is 0 Å². The van der Waals surface area contributed by atoms with Crippen molar-refractivity contribution in [1.82, 2.24) is 0 Å². The number of benzene rings is 2. The average Bonchev–Trinajstić information content (AvgIpc) is 2.97. The standard InChI is InChI=1S/C18H12F2N2O2.Na/c19-13-5-1-11(2-6-13)15-16(17(23)24)22-10-18(15,9-21)12-3-7-14(20)8-4-12;/h1-8,15H,10H2,(H,23,24);/q;+1/p-1. The number of nitrogens with zero attached hydrogens (tertiary/aromatic N) is 2. The third-order valence-electron chi connectivity index (χ3n) is 4.24. The van der Waals surface area contributed by atoms with E-state index >= 15 is 0 Å². The van der Waals surface area contributed by atoms with Gasteiger partial charge in [0.1, 0.15) is 17.0 Å². The normalized spacial score (nSPS) is 21.8. The Morgan fingerprint density at radius 2 is 1.64 bits per heavy atom. The maximum absolute atomic E-state index is 13.2. The summed E-state index contributed by atoms with van der Waals surface area (Å²) in [6, 6.07) is 12.6. The fraction of sp³-hybridized carbons (Fsp3) is 0.167. The summed E-state index contributed by atoms with van der Waals surface area (Å²) in [6.45, 7) is -0.0967. The first-order valence-electron chi connectivity index (χ1n) is 7.16. The van der Waals surface area contributed by atoms with Gasteiger partial charge in [-0.1, -0.05) is 24.3 Å². The molecular formula is C18H11F2N2NaO2. The first-order chi connectivity index (χ1) is 11.5. The second-order valence-electron chi connectivity index (χ2n) is 5.56. The van der Waals surface area contributed by atoms with Crippen molar-refractivity contribution < 1.29 is 48.2 Å². The van der Waals surface area contributed by atoms with Gasteiger partial charge in [0.25, 0.3) is 0 Å². The number of hydrogen-bond donors (Lipinski definition) is 0. The van der Waals surface area contributed by atoms with Crippen molar-refractivity contribution in [3.63, 3.8) is 0 Å². The van der Waals surface area contributed by atoms with Crippen molar-refractivity contribution in [2.24, 2.45) is 4.99 Å². The first-order valence-corrected chi connectivity index (χ1v) is 7.16. The van der Waals surface area contributed by atoms with E-state index in [9.17, 15) is 23.9 Å². The zero-order valence-corrected chi connectivity index (χ0v) is 15.4. The molecule has 1 heterocycles. The number of hydrogen-bond acceptors (Lipinski definition) is 4. The van der Waals surface area contributed by atoms with E-state index in [-0.39, 0.29) is 41.8 Å². The third kappa shape index (κ3) is 3.36. The van der Waals surface area contributed by atoms with Crippen molar-refractivity contribution in [2.45, 2.75) is 11.3 Å². The number of nitriles is 1. The van der Waals surface area contributed by atoms with E-state index in [0.717, 1.165) is 0 Å². The van der Waals surface area contributed by atoms with E-state index in [1.165, 1.54) is 48.5 Å². The van der Waals surface area contributed by atoms with Gasteiger partial charge in [-0.05, 0) is 35.4 Å². The Morgan fingerprint density at radius 1 is 1.12 bits per heavy atom. The Hall–Kier alpha value is -2.07. The van der Waals surface area contributed by atoms with Gasteiger partial charge in [0.05, 0.1) is 30.2 Å². The summed E-state index contributed by atoms with van der Waals surface area (Å²) < 4.78 is 26.4. The van der Waals surface area contributed by atoms with Gasteiger partial charge >= 0.3 is 29.6 Å². The van der Waals surface area contributed by atoms with Crippen LogP contribution in [0.3, 0.4) is 0 Å². The second kappa shape index (κ2) is 7.44. The molecule has 0 aromatic heterocycles. The van der Waals surface area contributed by atoms with Crippen LogP contribution in [0.15, 0.2) is 53.5 Å². The predicted molar refractivity (Wildman–Crippen MR) is 80.1 cm³/mol. The average molecular weight is 348 g/mol. The minimum absolute atomic E-state index is 0. The molecular weight excluding hydrogens is 337 g/mol. The SMILES string of the molecule is N#CC1(c2ccc(F)cc2)CN=C(C(=O)[O-])C1c1ccc(F)cc1.[Na+]. The molecule has 3 rings (SSSR count). The van der Waals surface area contributed by atoms with Crippen molar-refractivity contribution in [2.75, 3.05) is 6.54 Å². The molecule has 0 radical (unpaired) electrons. The Bertz CT molecular complexity index is 860. The van der Waals surface area contributed by atoms with Crippen LogP contribution < -0.4 is 34.7 Å². The predicted octanol–water partition coefficient (Wildman–Crippen LogP) is -1.28. The van der Waals surface area contributed by atoms with Gasteiger partial charge in [-0.25, -0.2) is 8.78 Å². The van der Waals surface area contributed by atoms with Gasteiger partial charge < -0.3 is 9.90 Å². The van der Waals surface area contributed by atoms with E-state index in [0.29, 0.717) is 11.1 Å². The molecule has 120 valence electrons. The van der Waals surface area contributed by atoms with E-state index < -0.39 is 28.9 Å². The fourth-order valence-corrected chi connectivity index (χ4v) is 3.08. The molecule has 0 bridgehead atoms.